The zero-order valence-corrected chi connectivity index (χ0v) is 29.2. The van der Waals surface area contributed by atoms with E-state index in [9.17, 15) is 31.2 Å². The van der Waals surface area contributed by atoms with Gasteiger partial charge in [-0.05, 0) is 66.9 Å². The van der Waals surface area contributed by atoms with Gasteiger partial charge in [0.25, 0.3) is 10.0 Å². The van der Waals surface area contributed by atoms with Gasteiger partial charge in [0, 0.05) is 29.6 Å². The van der Waals surface area contributed by atoms with Crippen LogP contribution in [0.25, 0.3) is 0 Å². The normalized spacial score (nSPS) is 12.3. The Morgan fingerprint density at radius 3 is 2.22 bits per heavy atom. The lowest BCUT2D eigenvalue weighted by Gasteiger charge is -2.34. The second-order valence-electron chi connectivity index (χ2n) is 11.5. The molecule has 0 bridgehead atoms. The van der Waals surface area contributed by atoms with Crippen molar-refractivity contribution < 1.29 is 31.2 Å². The molecular formula is C36H36Cl2F3N3O4S. The summed E-state index contributed by atoms with van der Waals surface area (Å²) in [4.78, 5) is 29.4. The molecule has 49 heavy (non-hydrogen) atoms. The number of rotatable bonds is 14. The molecule has 13 heteroatoms. The van der Waals surface area contributed by atoms with Gasteiger partial charge in [-0.1, -0.05) is 96.7 Å². The van der Waals surface area contributed by atoms with Gasteiger partial charge in [0.15, 0.2) is 0 Å². The monoisotopic (exact) mass is 733 g/mol. The Balaban J connectivity index is 1.85. The first-order chi connectivity index (χ1) is 23.2. The van der Waals surface area contributed by atoms with Crippen molar-refractivity contribution in [2.24, 2.45) is 0 Å². The van der Waals surface area contributed by atoms with Gasteiger partial charge in [-0.25, -0.2) is 8.42 Å². The zero-order chi connectivity index (χ0) is 35.8. The average Bonchev–Trinajstić information content (AvgIpc) is 3.06. The van der Waals surface area contributed by atoms with Crippen LogP contribution < -0.4 is 9.62 Å². The van der Waals surface area contributed by atoms with Gasteiger partial charge in [0.05, 0.1) is 16.1 Å². The van der Waals surface area contributed by atoms with Crippen molar-refractivity contribution in [3.8, 4) is 0 Å². The zero-order valence-electron chi connectivity index (χ0n) is 26.9. The number of nitrogens with zero attached hydrogens (tertiary/aromatic N) is 2. The maximum Gasteiger partial charge on any atom is 0.416 e. The first-order valence-electron chi connectivity index (χ1n) is 15.5. The summed E-state index contributed by atoms with van der Waals surface area (Å²) in [6, 6.07) is 21.9. The summed E-state index contributed by atoms with van der Waals surface area (Å²) in [7, 11) is -4.60. The number of hydrogen-bond donors (Lipinski definition) is 1. The number of carbonyl (C=O) groups excluding carboxylic acids is 2. The lowest BCUT2D eigenvalue weighted by Crippen LogP contribution is -2.53. The van der Waals surface area contributed by atoms with Crippen molar-refractivity contribution in [2.45, 2.75) is 56.8 Å². The number of anilines is 1. The third-order valence-electron chi connectivity index (χ3n) is 7.81. The maximum atomic E-state index is 14.5. The fraction of sp³-hybridized carbons (Fsp3) is 0.278. The van der Waals surface area contributed by atoms with Crippen LogP contribution >= 0.6 is 23.2 Å². The number of hydrogen-bond acceptors (Lipinski definition) is 4. The van der Waals surface area contributed by atoms with E-state index in [0.717, 1.165) is 29.7 Å². The molecule has 0 aliphatic heterocycles. The molecule has 0 heterocycles. The third kappa shape index (κ3) is 9.99. The molecular weight excluding hydrogens is 698 g/mol. The van der Waals surface area contributed by atoms with E-state index in [1.807, 2.05) is 6.92 Å². The van der Waals surface area contributed by atoms with E-state index >= 15 is 0 Å². The third-order valence-corrected chi connectivity index (χ3v) is 10.2. The lowest BCUT2D eigenvalue weighted by molar-refractivity contribution is -0.140. The first-order valence-corrected chi connectivity index (χ1v) is 17.7. The Morgan fingerprint density at radius 1 is 0.898 bits per heavy atom. The van der Waals surface area contributed by atoms with Crippen LogP contribution in [-0.2, 0) is 38.8 Å². The molecule has 0 aliphatic carbocycles. The first kappa shape index (κ1) is 37.8. The van der Waals surface area contributed by atoms with Crippen LogP contribution in [-0.4, -0.2) is 44.3 Å². The molecule has 1 atom stereocenters. The van der Waals surface area contributed by atoms with Crippen LogP contribution in [0.4, 0.5) is 18.9 Å². The molecule has 4 rings (SSSR count). The second-order valence-corrected chi connectivity index (χ2v) is 14.2. The van der Waals surface area contributed by atoms with Gasteiger partial charge < -0.3 is 10.2 Å². The van der Waals surface area contributed by atoms with Crippen LogP contribution in [0.3, 0.4) is 0 Å². The Morgan fingerprint density at radius 2 is 1.59 bits per heavy atom. The van der Waals surface area contributed by atoms with Crippen LogP contribution in [0.1, 0.15) is 42.0 Å². The lowest BCUT2D eigenvalue weighted by atomic mass is 10.0. The quantitative estimate of drug-likeness (QED) is 0.133. The molecule has 0 spiro atoms. The summed E-state index contributed by atoms with van der Waals surface area (Å²) in [6.07, 6.45) is -3.24. The number of aryl methyl sites for hydroxylation is 1. The van der Waals surface area contributed by atoms with E-state index in [2.05, 4.69) is 5.32 Å². The van der Waals surface area contributed by atoms with Crippen molar-refractivity contribution in [1.82, 2.24) is 10.2 Å². The number of sulfonamides is 1. The number of alkyl halides is 3. The average molecular weight is 735 g/mol. The van der Waals surface area contributed by atoms with Crippen LogP contribution in [0.5, 0.6) is 0 Å². The van der Waals surface area contributed by atoms with Crippen LogP contribution in [0.15, 0.2) is 102 Å². The molecule has 7 nitrogen and oxygen atoms in total. The molecule has 4 aromatic rings. The Hall–Kier alpha value is -4.06. The summed E-state index contributed by atoms with van der Waals surface area (Å²) < 4.78 is 70.4. The van der Waals surface area contributed by atoms with E-state index in [-0.39, 0.29) is 28.6 Å². The topological polar surface area (TPSA) is 86.8 Å². The van der Waals surface area contributed by atoms with E-state index in [0.29, 0.717) is 33.9 Å². The number of benzene rings is 4. The molecule has 0 saturated heterocycles. The van der Waals surface area contributed by atoms with Crippen molar-refractivity contribution in [2.75, 3.05) is 17.4 Å². The SMILES string of the molecule is CCCCNC(=O)C(Cc1ccccc1)N(Cc1ccc(Cl)cc1Cl)C(=O)CN(c1cccc(C(F)(F)F)c1)S(=O)(=O)c1ccc(C)cc1. The summed E-state index contributed by atoms with van der Waals surface area (Å²) >= 11 is 12.6. The van der Waals surface area contributed by atoms with E-state index < -0.39 is 46.2 Å². The Labute approximate surface area is 294 Å². The van der Waals surface area contributed by atoms with E-state index in [1.165, 1.54) is 29.2 Å². The van der Waals surface area contributed by atoms with E-state index in [1.54, 1.807) is 61.5 Å². The number of carbonyl (C=O) groups is 2. The van der Waals surface area contributed by atoms with E-state index in [4.69, 9.17) is 23.2 Å². The standard InChI is InChI=1S/C36H36Cl2F3N3O4S/c1-3-4-19-42-35(46)33(20-26-9-6-5-7-10-26)43(23-27-15-16-29(37)22-32(27)38)34(45)24-44(30-12-8-11-28(21-30)36(39,40)41)49(47,48)31-17-13-25(2)14-18-31/h5-18,21-22,33H,3-4,19-20,23-24H2,1-2H3,(H,42,46). The summed E-state index contributed by atoms with van der Waals surface area (Å²) in [6.45, 7) is 2.90. The molecule has 0 saturated carbocycles. The van der Waals surface area contributed by atoms with Crippen molar-refractivity contribution in [1.29, 1.82) is 0 Å². The second kappa shape index (κ2) is 16.6. The van der Waals surface area contributed by atoms with Gasteiger partial charge in [-0.3, -0.25) is 13.9 Å². The molecule has 0 fully saturated rings. The minimum atomic E-state index is -4.78. The molecule has 4 aromatic carbocycles. The van der Waals surface area contributed by atoms with Gasteiger partial charge >= 0.3 is 6.18 Å². The molecule has 1 unspecified atom stereocenters. The van der Waals surface area contributed by atoms with Gasteiger partial charge in [-0.15, -0.1) is 0 Å². The predicted molar refractivity (Wildman–Crippen MR) is 186 cm³/mol. The highest BCUT2D eigenvalue weighted by molar-refractivity contribution is 7.92. The van der Waals surface area contributed by atoms with Crippen molar-refractivity contribution in [3.05, 3.63) is 129 Å². The fourth-order valence-corrected chi connectivity index (χ4v) is 6.97. The smallest absolute Gasteiger partial charge is 0.354 e. The maximum absolute atomic E-state index is 14.5. The highest BCUT2D eigenvalue weighted by Crippen LogP contribution is 2.34. The summed E-state index contributed by atoms with van der Waals surface area (Å²) in [5, 5.41) is 3.42. The number of halogens is 5. The fourth-order valence-electron chi connectivity index (χ4n) is 5.10. The molecule has 0 aliphatic rings. The summed E-state index contributed by atoms with van der Waals surface area (Å²) in [5.74, 6) is -1.33. The minimum absolute atomic E-state index is 0.0595. The van der Waals surface area contributed by atoms with Gasteiger partial charge in [0.1, 0.15) is 12.6 Å². The molecule has 0 radical (unpaired) electrons. The Bertz CT molecular complexity index is 1860. The number of unbranched alkanes of at least 4 members (excludes halogenated alkanes) is 1. The highest BCUT2D eigenvalue weighted by atomic mass is 35.5. The molecule has 0 aromatic heterocycles. The van der Waals surface area contributed by atoms with Crippen LogP contribution in [0, 0.1) is 6.92 Å². The molecule has 2 amide bonds. The highest BCUT2D eigenvalue weighted by Gasteiger charge is 2.36. The summed E-state index contributed by atoms with van der Waals surface area (Å²) in [5.41, 5.74) is 0.430. The molecule has 1 N–H and O–H groups in total. The number of nitrogens with one attached hydrogen (secondary N) is 1. The predicted octanol–water partition coefficient (Wildman–Crippen LogP) is 8.07. The van der Waals surface area contributed by atoms with Crippen molar-refractivity contribution in [3.63, 3.8) is 0 Å². The minimum Gasteiger partial charge on any atom is -0.354 e. The Kier molecular flexibility index (Phi) is 12.8. The van der Waals surface area contributed by atoms with Gasteiger partial charge in [-0.2, -0.15) is 13.2 Å². The van der Waals surface area contributed by atoms with Crippen molar-refractivity contribution >= 4 is 50.7 Å². The largest absolute Gasteiger partial charge is 0.416 e. The van der Waals surface area contributed by atoms with Crippen LogP contribution in [0.2, 0.25) is 10.0 Å². The van der Waals surface area contributed by atoms with Gasteiger partial charge in [0.2, 0.25) is 11.8 Å². The molecule has 260 valence electrons. The number of amides is 2.